The molecule has 94 valence electrons. The fourth-order valence-electron chi connectivity index (χ4n) is 1.71. The minimum Gasteiger partial charge on any atom is -0.496 e. The van der Waals surface area contributed by atoms with Gasteiger partial charge in [0, 0.05) is 20.7 Å². The van der Waals surface area contributed by atoms with Crippen LogP contribution >= 0.6 is 0 Å². The van der Waals surface area contributed by atoms with E-state index < -0.39 is 0 Å². The van der Waals surface area contributed by atoms with Crippen molar-refractivity contribution in [3.63, 3.8) is 0 Å². The molecule has 1 aromatic rings. The number of rotatable bonds is 6. The molecule has 0 fully saturated rings. The summed E-state index contributed by atoms with van der Waals surface area (Å²) < 4.78 is 10.3. The highest BCUT2D eigenvalue weighted by atomic mass is 16.5. The van der Waals surface area contributed by atoms with Crippen molar-refractivity contribution in [1.82, 2.24) is 0 Å². The summed E-state index contributed by atoms with van der Waals surface area (Å²) in [4.78, 5) is 13.7. The summed E-state index contributed by atoms with van der Waals surface area (Å²) in [7, 11) is 5.16. The van der Waals surface area contributed by atoms with Crippen molar-refractivity contribution < 1.29 is 14.3 Å². The molecule has 0 amide bonds. The average molecular weight is 237 g/mol. The van der Waals surface area contributed by atoms with Gasteiger partial charge in [-0.15, -0.1) is 0 Å². The molecule has 0 saturated carbocycles. The summed E-state index contributed by atoms with van der Waals surface area (Å²) >= 11 is 0. The number of methoxy groups -OCH3 is 2. The van der Waals surface area contributed by atoms with E-state index in [9.17, 15) is 4.79 Å². The van der Waals surface area contributed by atoms with E-state index in [0.29, 0.717) is 17.9 Å². The second-order valence-corrected chi connectivity index (χ2v) is 3.82. The molecule has 17 heavy (non-hydrogen) atoms. The highest BCUT2D eigenvalue weighted by Gasteiger charge is 2.15. The quantitative estimate of drug-likeness (QED) is 0.709. The van der Waals surface area contributed by atoms with Gasteiger partial charge in [-0.2, -0.15) is 0 Å². The van der Waals surface area contributed by atoms with Crippen molar-refractivity contribution in [2.45, 2.75) is 6.92 Å². The zero-order chi connectivity index (χ0) is 12.8. The van der Waals surface area contributed by atoms with Crippen LogP contribution < -0.4 is 9.64 Å². The van der Waals surface area contributed by atoms with E-state index in [4.69, 9.17) is 9.47 Å². The lowest BCUT2D eigenvalue weighted by Gasteiger charge is -2.22. The van der Waals surface area contributed by atoms with Crippen molar-refractivity contribution in [3.05, 3.63) is 23.8 Å². The molecule has 1 aromatic carbocycles. The number of anilines is 1. The lowest BCUT2D eigenvalue weighted by Crippen LogP contribution is -2.24. The lowest BCUT2D eigenvalue weighted by atomic mass is 10.1. The molecule has 0 atom stereocenters. The Hall–Kier alpha value is -1.55. The Kier molecular flexibility index (Phi) is 4.97. The fraction of sp³-hybridized carbons (Fsp3) is 0.462. The van der Waals surface area contributed by atoms with Gasteiger partial charge in [0.25, 0.3) is 0 Å². The normalized spacial score (nSPS) is 10.1. The molecule has 0 bridgehead atoms. The highest BCUT2D eigenvalue weighted by molar-refractivity contribution is 6.02. The molecule has 0 unspecified atom stereocenters. The van der Waals surface area contributed by atoms with Gasteiger partial charge < -0.3 is 14.4 Å². The number of ether oxygens (including phenoxy) is 2. The van der Waals surface area contributed by atoms with E-state index in [1.54, 1.807) is 27.2 Å². The van der Waals surface area contributed by atoms with Crippen LogP contribution in [0.5, 0.6) is 5.75 Å². The maximum atomic E-state index is 11.7. The second kappa shape index (κ2) is 6.25. The summed E-state index contributed by atoms with van der Waals surface area (Å²) in [5, 5.41) is 0. The minimum atomic E-state index is 0.00159. The Bertz CT molecular complexity index is 390. The van der Waals surface area contributed by atoms with Crippen LogP contribution in [0.2, 0.25) is 0 Å². The molecule has 0 saturated heterocycles. The molecule has 0 heterocycles. The summed E-state index contributed by atoms with van der Waals surface area (Å²) in [6, 6.07) is 5.59. The van der Waals surface area contributed by atoms with Crippen LogP contribution in [0.4, 0.5) is 5.69 Å². The van der Waals surface area contributed by atoms with Crippen LogP contribution in [0.25, 0.3) is 0 Å². The van der Waals surface area contributed by atoms with Crippen molar-refractivity contribution in [2.75, 3.05) is 39.3 Å². The van der Waals surface area contributed by atoms with Crippen molar-refractivity contribution in [3.8, 4) is 5.75 Å². The number of carbonyl (C=O) groups excluding carboxylic acids is 1. The molecule has 0 radical (unpaired) electrons. The van der Waals surface area contributed by atoms with Crippen LogP contribution in [0.15, 0.2) is 18.2 Å². The zero-order valence-electron chi connectivity index (χ0n) is 10.8. The molecular formula is C13H19NO3. The fourth-order valence-corrected chi connectivity index (χ4v) is 1.71. The van der Waals surface area contributed by atoms with Gasteiger partial charge in [0.2, 0.25) is 0 Å². The van der Waals surface area contributed by atoms with E-state index in [2.05, 4.69) is 0 Å². The smallest absolute Gasteiger partial charge is 0.165 e. The van der Waals surface area contributed by atoms with E-state index in [1.807, 2.05) is 24.1 Å². The van der Waals surface area contributed by atoms with Crippen LogP contribution in [-0.2, 0) is 4.74 Å². The Morgan fingerprint density at radius 1 is 1.35 bits per heavy atom. The largest absolute Gasteiger partial charge is 0.496 e. The minimum absolute atomic E-state index is 0.00159. The molecule has 1 rings (SSSR count). The van der Waals surface area contributed by atoms with Gasteiger partial charge in [-0.05, 0) is 19.1 Å². The van der Waals surface area contributed by atoms with E-state index in [0.717, 1.165) is 12.2 Å². The van der Waals surface area contributed by atoms with Crippen LogP contribution in [0.3, 0.4) is 0 Å². The van der Waals surface area contributed by atoms with Gasteiger partial charge in [-0.3, -0.25) is 4.79 Å². The molecule has 0 N–H and O–H groups in total. The Morgan fingerprint density at radius 2 is 2.06 bits per heavy atom. The maximum absolute atomic E-state index is 11.7. The number of carbonyl (C=O) groups is 1. The Morgan fingerprint density at radius 3 is 2.59 bits per heavy atom. The first-order chi connectivity index (χ1) is 8.11. The predicted molar refractivity (Wildman–Crippen MR) is 68.1 cm³/mol. The van der Waals surface area contributed by atoms with Crippen LogP contribution in [0, 0.1) is 0 Å². The molecule has 0 aromatic heterocycles. The molecule has 0 aliphatic heterocycles. The lowest BCUT2D eigenvalue weighted by molar-refractivity contribution is 0.101. The predicted octanol–water partition coefficient (Wildman–Crippen LogP) is 1.98. The standard InChI is InChI=1S/C13H19NO3/c1-10(15)13-11(14(2)8-9-16-3)6-5-7-12(13)17-4/h5-7H,8-9H2,1-4H3. The third-order valence-corrected chi connectivity index (χ3v) is 2.62. The first kappa shape index (κ1) is 13.5. The van der Waals surface area contributed by atoms with Gasteiger partial charge in [-0.25, -0.2) is 0 Å². The number of Topliss-reactive ketones (excluding diaryl/α,β-unsaturated/α-hetero) is 1. The van der Waals surface area contributed by atoms with Crippen molar-refractivity contribution >= 4 is 11.5 Å². The van der Waals surface area contributed by atoms with Crippen molar-refractivity contribution in [1.29, 1.82) is 0 Å². The zero-order valence-corrected chi connectivity index (χ0v) is 10.8. The van der Waals surface area contributed by atoms with Gasteiger partial charge in [0.15, 0.2) is 5.78 Å². The summed E-state index contributed by atoms with van der Waals surface area (Å²) in [6.07, 6.45) is 0. The molecule has 0 aliphatic carbocycles. The maximum Gasteiger partial charge on any atom is 0.165 e. The Balaban J connectivity index is 3.09. The molecule has 4 nitrogen and oxygen atoms in total. The van der Waals surface area contributed by atoms with E-state index >= 15 is 0 Å². The summed E-state index contributed by atoms with van der Waals surface area (Å²) in [5.41, 5.74) is 1.49. The number of nitrogens with zero attached hydrogens (tertiary/aromatic N) is 1. The summed E-state index contributed by atoms with van der Waals surface area (Å²) in [6.45, 7) is 2.89. The van der Waals surface area contributed by atoms with Gasteiger partial charge >= 0.3 is 0 Å². The Labute approximate surface area is 102 Å². The monoisotopic (exact) mass is 237 g/mol. The molecular weight excluding hydrogens is 218 g/mol. The number of benzene rings is 1. The number of hydrogen-bond donors (Lipinski definition) is 0. The third-order valence-electron chi connectivity index (χ3n) is 2.62. The number of hydrogen-bond acceptors (Lipinski definition) is 4. The SMILES string of the molecule is COCCN(C)c1cccc(OC)c1C(C)=O. The first-order valence-corrected chi connectivity index (χ1v) is 5.49. The second-order valence-electron chi connectivity index (χ2n) is 3.82. The molecule has 0 aliphatic rings. The van der Waals surface area contributed by atoms with E-state index in [-0.39, 0.29) is 5.78 Å². The molecule has 4 heteroatoms. The van der Waals surface area contributed by atoms with Crippen molar-refractivity contribution in [2.24, 2.45) is 0 Å². The summed E-state index contributed by atoms with van der Waals surface area (Å²) in [5.74, 6) is 0.612. The van der Waals surface area contributed by atoms with E-state index in [1.165, 1.54) is 0 Å². The van der Waals surface area contributed by atoms with Gasteiger partial charge in [0.05, 0.1) is 25.0 Å². The van der Waals surface area contributed by atoms with Gasteiger partial charge in [-0.1, -0.05) is 6.07 Å². The topological polar surface area (TPSA) is 38.8 Å². The third kappa shape index (κ3) is 3.20. The highest BCUT2D eigenvalue weighted by Crippen LogP contribution is 2.28. The van der Waals surface area contributed by atoms with Crippen LogP contribution in [0.1, 0.15) is 17.3 Å². The van der Waals surface area contributed by atoms with Gasteiger partial charge in [0.1, 0.15) is 5.75 Å². The van der Waals surface area contributed by atoms with Crippen LogP contribution in [-0.4, -0.2) is 40.2 Å². The average Bonchev–Trinajstić information content (AvgIpc) is 2.34. The molecule has 0 spiro atoms. The number of ketones is 1. The number of likely N-dealkylation sites (N-methyl/N-ethyl adjacent to an activating group) is 1. The first-order valence-electron chi connectivity index (χ1n) is 5.49.